The minimum atomic E-state index is -0.492. The zero-order valence-corrected chi connectivity index (χ0v) is 31.8. The molecular weight excluding hydrogens is 663 g/mol. The fraction of sp³-hybridized carbons (Fsp3) is 0.111. The zero-order valence-electron chi connectivity index (χ0n) is 31.8. The number of nitrogens with zero attached hydrogens (tertiary/aromatic N) is 1. The van der Waals surface area contributed by atoms with Crippen molar-refractivity contribution in [1.82, 2.24) is 0 Å². The van der Waals surface area contributed by atoms with E-state index in [1.165, 1.54) is 83.6 Å². The van der Waals surface area contributed by atoms with Crippen LogP contribution in [0, 0.1) is 13.8 Å². The Morgan fingerprint density at radius 1 is 0.382 bits per heavy atom. The van der Waals surface area contributed by atoms with Crippen molar-refractivity contribution < 1.29 is 0 Å². The van der Waals surface area contributed by atoms with Crippen molar-refractivity contribution in [2.24, 2.45) is 0 Å². The molecule has 0 atom stereocenters. The Hall–Kier alpha value is -6.44. The normalized spacial score (nSPS) is 14.1. The number of hydrogen-bond acceptors (Lipinski definition) is 1. The maximum absolute atomic E-state index is 2.50. The van der Waals surface area contributed by atoms with Crippen LogP contribution >= 0.6 is 0 Å². The van der Waals surface area contributed by atoms with Crippen molar-refractivity contribution in [3.05, 3.63) is 233 Å². The van der Waals surface area contributed by atoms with Crippen molar-refractivity contribution in [3.63, 3.8) is 0 Å². The van der Waals surface area contributed by atoms with E-state index < -0.39 is 5.41 Å². The van der Waals surface area contributed by atoms with E-state index in [9.17, 15) is 0 Å². The SMILES string of the molecule is Cc1ccc(C2(c3ccc(C)cc3)c3ccccc3-c3c(N(c4ccc(-c5ccccc5)cc4)c4ccc5c(c4)C(C)(C)c4ccccc4-5)cccc32)cc1. The summed E-state index contributed by atoms with van der Waals surface area (Å²) in [5.74, 6) is 0. The molecule has 0 saturated carbocycles. The van der Waals surface area contributed by atoms with Crippen molar-refractivity contribution in [3.8, 4) is 33.4 Å². The second-order valence-electron chi connectivity index (χ2n) is 15.9. The number of rotatable bonds is 6. The van der Waals surface area contributed by atoms with Gasteiger partial charge in [-0.25, -0.2) is 0 Å². The molecule has 0 spiro atoms. The topological polar surface area (TPSA) is 3.24 Å². The van der Waals surface area contributed by atoms with Crippen molar-refractivity contribution >= 4 is 17.1 Å². The summed E-state index contributed by atoms with van der Waals surface area (Å²) in [6.45, 7) is 9.09. The second kappa shape index (κ2) is 12.6. The first-order valence-electron chi connectivity index (χ1n) is 19.4. The third kappa shape index (κ3) is 5.00. The molecule has 55 heavy (non-hydrogen) atoms. The largest absolute Gasteiger partial charge is 0.310 e. The van der Waals surface area contributed by atoms with Crippen LogP contribution in [0.3, 0.4) is 0 Å². The summed E-state index contributed by atoms with van der Waals surface area (Å²) >= 11 is 0. The summed E-state index contributed by atoms with van der Waals surface area (Å²) in [4.78, 5) is 2.50. The van der Waals surface area contributed by atoms with Gasteiger partial charge in [0, 0.05) is 22.4 Å². The van der Waals surface area contributed by atoms with Gasteiger partial charge in [-0.05, 0) is 105 Å². The molecule has 0 aliphatic heterocycles. The van der Waals surface area contributed by atoms with Crippen LogP contribution in [0.2, 0.25) is 0 Å². The van der Waals surface area contributed by atoms with Crippen molar-refractivity contribution in [1.29, 1.82) is 0 Å². The van der Waals surface area contributed by atoms with E-state index in [-0.39, 0.29) is 5.41 Å². The summed E-state index contributed by atoms with van der Waals surface area (Å²) in [6, 6.07) is 70.3. The van der Waals surface area contributed by atoms with Crippen molar-refractivity contribution in [2.45, 2.75) is 38.5 Å². The molecule has 8 aromatic carbocycles. The van der Waals surface area contributed by atoms with Gasteiger partial charge in [0.2, 0.25) is 0 Å². The van der Waals surface area contributed by atoms with Crippen LogP contribution in [-0.2, 0) is 10.8 Å². The molecule has 264 valence electrons. The molecule has 10 rings (SSSR count). The maximum atomic E-state index is 2.50. The number of benzene rings is 8. The number of fused-ring (bicyclic) bond motifs is 6. The van der Waals surface area contributed by atoms with E-state index in [0.29, 0.717) is 0 Å². The van der Waals surface area contributed by atoms with Gasteiger partial charge in [-0.1, -0.05) is 183 Å². The van der Waals surface area contributed by atoms with E-state index >= 15 is 0 Å². The smallest absolute Gasteiger partial charge is 0.0714 e. The van der Waals surface area contributed by atoms with Gasteiger partial charge in [0.15, 0.2) is 0 Å². The van der Waals surface area contributed by atoms with E-state index in [2.05, 4.69) is 221 Å². The molecule has 2 aliphatic rings. The van der Waals surface area contributed by atoms with Gasteiger partial charge in [0.25, 0.3) is 0 Å². The molecule has 1 heteroatoms. The lowest BCUT2D eigenvalue weighted by molar-refractivity contribution is 0.660. The van der Waals surface area contributed by atoms with Gasteiger partial charge in [-0.3, -0.25) is 0 Å². The molecular formula is C54H43N. The third-order valence-electron chi connectivity index (χ3n) is 12.3. The first-order chi connectivity index (χ1) is 26.9. The van der Waals surface area contributed by atoms with Crippen LogP contribution in [-0.4, -0.2) is 0 Å². The van der Waals surface area contributed by atoms with Gasteiger partial charge < -0.3 is 4.90 Å². The average molecular weight is 706 g/mol. The highest BCUT2D eigenvalue weighted by Gasteiger charge is 2.47. The minimum Gasteiger partial charge on any atom is -0.310 e. The Balaban J connectivity index is 1.25. The second-order valence-corrected chi connectivity index (χ2v) is 15.9. The average Bonchev–Trinajstić information content (AvgIpc) is 3.65. The highest BCUT2D eigenvalue weighted by atomic mass is 15.1. The van der Waals surface area contributed by atoms with Gasteiger partial charge in [-0.15, -0.1) is 0 Å². The number of anilines is 3. The lowest BCUT2D eigenvalue weighted by Gasteiger charge is -2.35. The first kappa shape index (κ1) is 33.2. The van der Waals surface area contributed by atoms with E-state index in [0.717, 1.165) is 11.4 Å². The molecule has 0 N–H and O–H groups in total. The van der Waals surface area contributed by atoms with E-state index in [4.69, 9.17) is 0 Å². The van der Waals surface area contributed by atoms with Gasteiger partial charge in [0.05, 0.1) is 11.1 Å². The van der Waals surface area contributed by atoms with E-state index in [1.54, 1.807) is 0 Å². The Morgan fingerprint density at radius 2 is 0.909 bits per heavy atom. The summed E-state index contributed by atoms with van der Waals surface area (Å²) in [7, 11) is 0. The molecule has 0 fully saturated rings. The quantitative estimate of drug-likeness (QED) is 0.166. The van der Waals surface area contributed by atoms with Crippen molar-refractivity contribution in [2.75, 3.05) is 4.90 Å². The van der Waals surface area contributed by atoms with Crippen LogP contribution in [0.4, 0.5) is 17.1 Å². The highest BCUT2D eigenvalue weighted by molar-refractivity contribution is 5.98. The maximum Gasteiger partial charge on any atom is 0.0714 e. The summed E-state index contributed by atoms with van der Waals surface area (Å²) in [5, 5.41) is 0. The first-order valence-corrected chi connectivity index (χ1v) is 19.4. The molecule has 2 aliphatic carbocycles. The summed E-state index contributed by atoms with van der Waals surface area (Å²) < 4.78 is 0. The molecule has 0 radical (unpaired) electrons. The number of hydrogen-bond donors (Lipinski definition) is 0. The third-order valence-corrected chi connectivity index (χ3v) is 12.3. The Labute approximate surface area is 325 Å². The fourth-order valence-electron chi connectivity index (χ4n) is 9.58. The van der Waals surface area contributed by atoms with Gasteiger partial charge in [-0.2, -0.15) is 0 Å². The number of aryl methyl sites for hydroxylation is 2. The predicted octanol–water partition coefficient (Wildman–Crippen LogP) is 14.1. The highest BCUT2D eigenvalue weighted by Crippen LogP contribution is 2.60. The monoisotopic (exact) mass is 705 g/mol. The molecule has 8 aromatic rings. The van der Waals surface area contributed by atoms with Gasteiger partial charge in [0.1, 0.15) is 0 Å². The van der Waals surface area contributed by atoms with Crippen LogP contribution in [0.25, 0.3) is 33.4 Å². The molecule has 0 saturated heterocycles. The molecule has 1 nitrogen and oxygen atoms in total. The lowest BCUT2D eigenvalue weighted by Crippen LogP contribution is -2.28. The molecule has 0 heterocycles. The van der Waals surface area contributed by atoms with Crippen LogP contribution in [0.15, 0.2) is 188 Å². The molecule has 0 unspecified atom stereocenters. The Kier molecular flexibility index (Phi) is 7.58. The predicted molar refractivity (Wildman–Crippen MR) is 231 cm³/mol. The van der Waals surface area contributed by atoms with Crippen LogP contribution in [0.1, 0.15) is 58.4 Å². The Bertz CT molecular complexity index is 2670. The summed E-state index contributed by atoms with van der Waals surface area (Å²) in [6.07, 6.45) is 0. The summed E-state index contributed by atoms with van der Waals surface area (Å²) in [5.41, 5.74) is 20.9. The van der Waals surface area contributed by atoms with Gasteiger partial charge >= 0.3 is 0 Å². The fourth-order valence-corrected chi connectivity index (χ4v) is 9.58. The van der Waals surface area contributed by atoms with Crippen LogP contribution in [0.5, 0.6) is 0 Å². The minimum absolute atomic E-state index is 0.123. The van der Waals surface area contributed by atoms with E-state index in [1.807, 2.05) is 0 Å². The lowest BCUT2D eigenvalue weighted by atomic mass is 9.67. The zero-order chi connectivity index (χ0) is 37.3. The molecule has 0 bridgehead atoms. The molecule has 0 amide bonds. The standard InChI is InChI=1S/C54H43N/c1-36-21-27-40(28-22-36)54(41-29-23-37(2)24-30-41)48-18-11-9-16-46(48)52-49(54)19-12-20-51(52)55(42-31-25-39(26-32-42)38-13-6-5-7-14-38)43-33-34-45-44-15-8-10-17-47(44)53(3,4)50(45)35-43/h5-35H,1-4H3. The van der Waals surface area contributed by atoms with Crippen LogP contribution < -0.4 is 4.90 Å². The Morgan fingerprint density at radius 3 is 1.58 bits per heavy atom. The molecule has 0 aromatic heterocycles.